The molecule has 0 amide bonds. The summed E-state index contributed by atoms with van der Waals surface area (Å²) in [6.07, 6.45) is 5.89. The van der Waals surface area contributed by atoms with Crippen molar-refractivity contribution in [1.29, 1.82) is 0 Å². The fraction of sp³-hybridized carbons (Fsp3) is 0.625. The SMILES string of the molecule is Cc1cccc(SCCNC(C2CC2)C2CC2)c1. The minimum atomic E-state index is 0.850. The number of nitrogens with one attached hydrogen (secondary N) is 1. The highest BCUT2D eigenvalue weighted by molar-refractivity contribution is 7.99. The Labute approximate surface area is 115 Å². The first-order valence-electron chi connectivity index (χ1n) is 7.26. The molecule has 0 aliphatic heterocycles. The van der Waals surface area contributed by atoms with E-state index in [0.717, 1.165) is 24.4 Å². The van der Waals surface area contributed by atoms with Crippen LogP contribution in [0.15, 0.2) is 29.2 Å². The Kier molecular flexibility index (Phi) is 3.95. The minimum Gasteiger partial charge on any atom is -0.313 e. The fourth-order valence-corrected chi connectivity index (χ4v) is 3.63. The first kappa shape index (κ1) is 12.6. The second kappa shape index (κ2) is 5.66. The molecule has 0 spiro atoms. The van der Waals surface area contributed by atoms with Crippen LogP contribution in [0, 0.1) is 18.8 Å². The Hall–Kier alpha value is -0.470. The molecule has 0 radical (unpaired) electrons. The van der Waals surface area contributed by atoms with Gasteiger partial charge >= 0.3 is 0 Å². The molecule has 98 valence electrons. The maximum absolute atomic E-state index is 3.81. The van der Waals surface area contributed by atoms with Gasteiger partial charge in [-0.2, -0.15) is 0 Å². The highest BCUT2D eigenvalue weighted by atomic mass is 32.2. The van der Waals surface area contributed by atoms with Crippen LogP contribution in [0.1, 0.15) is 31.2 Å². The lowest BCUT2D eigenvalue weighted by atomic mass is 10.1. The van der Waals surface area contributed by atoms with Gasteiger partial charge in [0, 0.05) is 23.2 Å². The molecule has 1 aromatic rings. The van der Waals surface area contributed by atoms with Gasteiger partial charge in [0.25, 0.3) is 0 Å². The molecule has 0 aromatic heterocycles. The van der Waals surface area contributed by atoms with Crippen molar-refractivity contribution in [2.24, 2.45) is 11.8 Å². The van der Waals surface area contributed by atoms with E-state index < -0.39 is 0 Å². The Balaban J connectivity index is 1.39. The first-order chi connectivity index (χ1) is 8.83. The summed E-state index contributed by atoms with van der Waals surface area (Å²) in [5.74, 6) is 3.22. The molecule has 0 saturated heterocycles. The maximum atomic E-state index is 3.81. The van der Waals surface area contributed by atoms with Gasteiger partial charge < -0.3 is 5.32 Å². The quantitative estimate of drug-likeness (QED) is 0.591. The largest absolute Gasteiger partial charge is 0.313 e. The average molecular weight is 261 g/mol. The number of hydrogen-bond donors (Lipinski definition) is 1. The molecule has 0 unspecified atom stereocenters. The minimum absolute atomic E-state index is 0.850. The molecule has 1 nitrogen and oxygen atoms in total. The van der Waals surface area contributed by atoms with Crippen LogP contribution in [0.4, 0.5) is 0 Å². The van der Waals surface area contributed by atoms with E-state index in [9.17, 15) is 0 Å². The number of rotatable bonds is 7. The molecule has 2 aliphatic rings. The summed E-state index contributed by atoms with van der Waals surface area (Å²) in [6, 6.07) is 9.67. The molecular weight excluding hydrogens is 238 g/mol. The predicted octanol–water partition coefficient (Wildman–Crippen LogP) is 3.87. The second-order valence-electron chi connectivity index (χ2n) is 5.82. The topological polar surface area (TPSA) is 12.0 Å². The van der Waals surface area contributed by atoms with Crippen LogP contribution in [0.25, 0.3) is 0 Å². The van der Waals surface area contributed by atoms with Gasteiger partial charge in [0.05, 0.1) is 0 Å². The van der Waals surface area contributed by atoms with Gasteiger partial charge in [-0.15, -0.1) is 11.8 Å². The lowest BCUT2D eigenvalue weighted by Gasteiger charge is -2.17. The zero-order valence-electron chi connectivity index (χ0n) is 11.2. The van der Waals surface area contributed by atoms with E-state index >= 15 is 0 Å². The van der Waals surface area contributed by atoms with Crippen molar-refractivity contribution >= 4 is 11.8 Å². The van der Waals surface area contributed by atoms with Gasteiger partial charge in [-0.1, -0.05) is 17.7 Å². The van der Waals surface area contributed by atoms with Crippen molar-refractivity contribution in [2.45, 2.75) is 43.5 Å². The number of hydrogen-bond acceptors (Lipinski definition) is 2. The summed E-state index contributed by atoms with van der Waals surface area (Å²) in [4.78, 5) is 1.41. The smallest absolute Gasteiger partial charge is 0.0124 e. The highest BCUT2D eigenvalue weighted by Gasteiger charge is 2.40. The highest BCUT2D eigenvalue weighted by Crippen LogP contribution is 2.44. The number of thioether (sulfide) groups is 1. The Morgan fingerprint density at radius 1 is 1.22 bits per heavy atom. The molecule has 3 rings (SSSR count). The predicted molar refractivity (Wildman–Crippen MR) is 79.1 cm³/mol. The molecule has 1 aromatic carbocycles. The normalized spacial score (nSPS) is 19.4. The molecule has 0 atom stereocenters. The van der Waals surface area contributed by atoms with Crippen LogP contribution in [0.2, 0.25) is 0 Å². The van der Waals surface area contributed by atoms with Crippen molar-refractivity contribution in [3.63, 3.8) is 0 Å². The second-order valence-corrected chi connectivity index (χ2v) is 6.99. The molecule has 2 aliphatic carbocycles. The van der Waals surface area contributed by atoms with Crippen molar-refractivity contribution in [3.8, 4) is 0 Å². The summed E-state index contributed by atoms with van der Waals surface area (Å²) in [7, 11) is 0. The van der Waals surface area contributed by atoms with Gasteiger partial charge in [-0.05, 0) is 56.6 Å². The first-order valence-corrected chi connectivity index (χ1v) is 8.24. The number of aryl methyl sites for hydroxylation is 1. The molecule has 0 heterocycles. The van der Waals surface area contributed by atoms with E-state index in [1.165, 1.54) is 41.9 Å². The van der Waals surface area contributed by atoms with Crippen molar-refractivity contribution in [3.05, 3.63) is 29.8 Å². The summed E-state index contributed by atoms with van der Waals surface area (Å²) < 4.78 is 0. The summed E-state index contributed by atoms with van der Waals surface area (Å²) in [5, 5.41) is 3.81. The average Bonchev–Trinajstić information content (AvgIpc) is 3.23. The van der Waals surface area contributed by atoms with E-state index in [2.05, 4.69) is 36.5 Å². The van der Waals surface area contributed by atoms with Gasteiger partial charge in [0.1, 0.15) is 0 Å². The molecule has 2 heteroatoms. The van der Waals surface area contributed by atoms with E-state index in [0.29, 0.717) is 0 Å². The van der Waals surface area contributed by atoms with E-state index in [1.807, 2.05) is 11.8 Å². The van der Waals surface area contributed by atoms with Crippen molar-refractivity contribution in [2.75, 3.05) is 12.3 Å². The van der Waals surface area contributed by atoms with Gasteiger partial charge in [-0.25, -0.2) is 0 Å². The molecule has 18 heavy (non-hydrogen) atoms. The maximum Gasteiger partial charge on any atom is 0.0124 e. The molecule has 2 fully saturated rings. The summed E-state index contributed by atoms with van der Waals surface area (Å²) in [6.45, 7) is 3.33. The summed E-state index contributed by atoms with van der Waals surface area (Å²) in [5.41, 5.74) is 1.36. The number of benzene rings is 1. The molecule has 1 N–H and O–H groups in total. The molecule has 2 saturated carbocycles. The van der Waals surface area contributed by atoms with Gasteiger partial charge in [0.2, 0.25) is 0 Å². The third-order valence-corrected chi connectivity index (χ3v) is 5.00. The Bertz CT molecular complexity index is 384. The van der Waals surface area contributed by atoms with E-state index in [4.69, 9.17) is 0 Å². The fourth-order valence-electron chi connectivity index (χ4n) is 2.73. The van der Waals surface area contributed by atoms with Crippen LogP contribution in [-0.4, -0.2) is 18.3 Å². The van der Waals surface area contributed by atoms with Crippen LogP contribution < -0.4 is 5.32 Å². The van der Waals surface area contributed by atoms with Crippen LogP contribution in [0.5, 0.6) is 0 Å². The Morgan fingerprint density at radius 2 is 1.94 bits per heavy atom. The van der Waals surface area contributed by atoms with Crippen molar-refractivity contribution in [1.82, 2.24) is 5.32 Å². The van der Waals surface area contributed by atoms with Gasteiger partial charge in [-0.3, -0.25) is 0 Å². The van der Waals surface area contributed by atoms with Gasteiger partial charge in [0.15, 0.2) is 0 Å². The van der Waals surface area contributed by atoms with E-state index in [1.54, 1.807) is 0 Å². The monoisotopic (exact) mass is 261 g/mol. The van der Waals surface area contributed by atoms with Crippen LogP contribution in [0.3, 0.4) is 0 Å². The standard InChI is InChI=1S/C16H23NS/c1-12-3-2-4-15(11-12)18-10-9-17-16(13-5-6-13)14-7-8-14/h2-4,11,13-14,16-17H,5-10H2,1H3. The lowest BCUT2D eigenvalue weighted by molar-refractivity contribution is 0.429. The summed E-state index contributed by atoms with van der Waals surface area (Å²) >= 11 is 1.98. The van der Waals surface area contributed by atoms with Crippen LogP contribution >= 0.6 is 11.8 Å². The lowest BCUT2D eigenvalue weighted by Crippen LogP contribution is -2.34. The third kappa shape index (κ3) is 3.52. The Morgan fingerprint density at radius 3 is 2.56 bits per heavy atom. The van der Waals surface area contributed by atoms with E-state index in [-0.39, 0.29) is 0 Å². The van der Waals surface area contributed by atoms with Crippen molar-refractivity contribution < 1.29 is 0 Å². The molecule has 0 bridgehead atoms. The van der Waals surface area contributed by atoms with Crippen LogP contribution in [-0.2, 0) is 0 Å². The third-order valence-electron chi connectivity index (χ3n) is 4.00. The zero-order chi connectivity index (χ0) is 12.4. The molecular formula is C16H23NS. The zero-order valence-corrected chi connectivity index (χ0v) is 12.0.